The number of benzene rings is 1. The Balaban J connectivity index is 2.27. The number of aromatic nitrogens is 3. The zero-order chi connectivity index (χ0) is 14.5. The van der Waals surface area contributed by atoms with Crippen molar-refractivity contribution in [1.82, 2.24) is 14.8 Å². The van der Waals surface area contributed by atoms with Crippen molar-refractivity contribution in [1.29, 1.82) is 0 Å². The fourth-order valence-corrected chi connectivity index (χ4v) is 2.20. The number of nitrogens with one attached hydrogen (secondary N) is 1. The smallest absolute Gasteiger partial charge is 0.383 e. The van der Waals surface area contributed by atoms with Gasteiger partial charge in [0.15, 0.2) is 0 Å². The van der Waals surface area contributed by atoms with Crippen molar-refractivity contribution in [2.24, 2.45) is 7.05 Å². The van der Waals surface area contributed by atoms with E-state index in [-0.39, 0.29) is 0 Å². The number of hydrogen-bond acceptors (Lipinski definition) is 2. The quantitative estimate of drug-likeness (QED) is 0.719. The third-order valence-corrected chi connectivity index (χ3v) is 3.24. The molecule has 0 saturated heterocycles. The largest absolute Gasteiger partial charge is 0.431 e. The average Bonchev–Trinajstić information content (AvgIpc) is 2.94. The molecule has 0 bridgehead atoms. The number of halogens is 3. The lowest BCUT2D eigenvalue weighted by Gasteiger charge is -2.02. The van der Waals surface area contributed by atoms with E-state index >= 15 is 0 Å². The molecule has 104 valence electrons. The topological polar surface area (TPSA) is 59.6 Å². The monoisotopic (exact) mass is 280 g/mol. The van der Waals surface area contributed by atoms with Crippen LogP contribution in [-0.2, 0) is 13.2 Å². The molecule has 0 atom stereocenters. The summed E-state index contributed by atoms with van der Waals surface area (Å²) in [5.41, 5.74) is 6.77. The molecule has 3 rings (SSSR count). The Bertz CT molecular complexity index is 783. The number of hydrogen-bond donors (Lipinski definition) is 2. The van der Waals surface area contributed by atoms with Gasteiger partial charge in [-0.15, -0.1) is 0 Å². The molecule has 1 aromatic carbocycles. The molecule has 2 heterocycles. The van der Waals surface area contributed by atoms with Crippen LogP contribution >= 0.6 is 0 Å². The molecule has 3 N–H and O–H groups in total. The van der Waals surface area contributed by atoms with Crippen LogP contribution in [0.1, 0.15) is 5.69 Å². The number of nitrogens with two attached hydrogens (primary N) is 1. The number of nitrogens with zero attached hydrogens (tertiary/aromatic N) is 2. The number of rotatable bonds is 1. The molecule has 0 amide bonds. The van der Waals surface area contributed by atoms with E-state index in [2.05, 4.69) is 10.1 Å². The lowest BCUT2D eigenvalue weighted by molar-refractivity contribution is -0.140. The highest BCUT2D eigenvalue weighted by Gasteiger charge is 2.33. The van der Waals surface area contributed by atoms with Crippen LogP contribution in [0.2, 0.25) is 0 Å². The van der Waals surface area contributed by atoms with E-state index in [1.807, 2.05) is 0 Å². The van der Waals surface area contributed by atoms with Crippen molar-refractivity contribution in [2.45, 2.75) is 6.18 Å². The van der Waals surface area contributed by atoms with Gasteiger partial charge in [-0.1, -0.05) is 12.1 Å². The van der Waals surface area contributed by atoms with Gasteiger partial charge in [0.25, 0.3) is 0 Å². The summed E-state index contributed by atoms with van der Waals surface area (Å²) in [6.45, 7) is 0. The summed E-state index contributed by atoms with van der Waals surface area (Å²) in [5, 5.41) is 4.49. The van der Waals surface area contributed by atoms with E-state index in [1.165, 1.54) is 4.68 Å². The predicted octanol–water partition coefficient (Wildman–Crippen LogP) is 3.17. The summed E-state index contributed by atoms with van der Waals surface area (Å²) in [4.78, 5) is 2.38. The SMILES string of the molecule is Cn1ncc(-c2cccc3[nH]c(C(F)(F)F)cc23)c1N. The fourth-order valence-electron chi connectivity index (χ4n) is 2.20. The molecule has 0 saturated carbocycles. The maximum atomic E-state index is 12.8. The normalized spacial score (nSPS) is 12.2. The summed E-state index contributed by atoms with van der Waals surface area (Å²) < 4.78 is 39.8. The molecule has 0 aliphatic heterocycles. The molecule has 3 aromatic rings. The van der Waals surface area contributed by atoms with Crippen molar-refractivity contribution in [3.8, 4) is 11.1 Å². The second-order valence-electron chi connectivity index (χ2n) is 4.51. The van der Waals surface area contributed by atoms with Crippen LogP contribution in [-0.4, -0.2) is 14.8 Å². The molecule has 0 fully saturated rings. The van der Waals surface area contributed by atoms with Gasteiger partial charge >= 0.3 is 6.18 Å². The Hall–Kier alpha value is -2.44. The molecule has 0 aliphatic carbocycles. The summed E-state index contributed by atoms with van der Waals surface area (Å²) in [6, 6.07) is 6.10. The Labute approximate surface area is 112 Å². The number of nitrogen functional groups attached to an aromatic ring is 1. The van der Waals surface area contributed by atoms with E-state index in [1.54, 1.807) is 31.4 Å². The molecule has 0 spiro atoms. The van der Waals surface area contributed by atoms with Crippen LogP contribution < -0.4 is 5.73 Å². The van der Waals surface area contributed by atoms with Crippen LogP contribution in [0.5, 0.6) is 0 Å². The minimum atomic E-state index is -4.41. The summed E-state index contributed by atoms with van der Waals surface area (Å²) >= 11 is 0. The van der Waals surface area contributed by atoms with Crippen LogP contribution in [0.4, 0.5) is 19.0 Å². The van der Waals surface area contributed by atoms with Gasteiger partial charge in [0.2, 0.25) is 0 Å². The molecule has 0 unspecified atom stereocenters. The van der Waals surface area contributed by atoms with Gasteiger partial charge in [-0.05, 0) is 17.7 Å². The highest BCUT2D eigenvalue weighted by Crippen LogP contribution is 2.36. The highest BCUT2D eigenvalue weighted by molar-refractivity contribution is 5.97. The van der Waals surface area contributed by atoms with Crippen molar-refractivity contribution >= 4 is 16.7 Å². The van der Waals surface area contributed by atoms with Crippen molar-refractivity contribution in [2.75, 3.05) is 5.73 Å². The van der Waals surface area contributed by atoms with Gasteiger partial charge < -0.3 is 10.7 Å². The van der Waals surface area contributed by atoms with E-state index in [0.717, 1.165) is 6.07 Å². The van der Waals surface area contributed by atoms with E-state index < -0.39 is 11.9 Å². The first-order valence-corrected chi connectivity index (χ1v) is 5.84. The molecular formula is C13H11F3N4. The Morgan fingerprint density at radius 1 is 1.25 bits per heavy atom. The summed E-state index contributed by atoms with van der Waals surface area (Å²) in [5.74, 6) is 0.409. The lowest BCUT2D eigenvalue weighted by atomic mass is 10.0. The molecule has 2 aromatic heterocycles. The van der Waals surface area contributed by atoms with E-state index in [9.17, 15) is 13.2 Å². The second kappa shape index (κ2) is 4.03. The van der Waals surface area contributed by atoms with Crippen molar-refractivity contribution < 1.29 is 13.2 Å². The van der Waals surface area contributed by atoms with Crippen molar-refractivity contribution in [3.63, 3.8) is 0 Å². The first kappa shape index (κ1) is 12.6. The maximum Gasteiger partial charge on any atom is 0.431 e. The Morgan fingerprint density at radius 3 is 2.60 bits per heavy atom. The van der Waals surface area contributed by atoms with Crippen LogP contribution in [0.3, 0.4) is 0 Å². The number of anilines is 1. The first-order valence-electron chi connectivity index (χ1n) is 5.84. The van der Waals surface area contributed by atoms with Gasteiger partial charge in [0.1, 0.15) is 11.5 Å². The Kier molecular flexibility index (Phi) is 2.53. The minimum absolute atomic E-state index is 0.409. The number of alkyl halides is 3. The second-order valence-corrected chi connectivity index (χ2v) is 4.51. The minimum Gasteiger partial charge on any atom is -0.383 e. The van der Waals surface area contributed by atoms with Crippen LogP contribution in [0, 0.1) is 0 Å². The first-order chi connectivity index (χ1) is 9.38. The lowest BCUT2D eigenvalue weighted by Crippen LogP contribution is -2.04. The standard InChI is InChI=1S/C13H11F3N4/c1-20-12(17)9(6-18-20)7-3-2-4-10-8(7)5-11(19-10)13(14,15)16/h2-6,19H,17H2,1H3. The number of fused-ring (bicyclic) bond motifs is 1. The highest BCUT2D eigenvalue weighted by atomic mass is 19.4. The van der Waals surface area contributed by atoms with E-state index in [4.69, 9.17) is 5.73 Å². The number of aryl methyl sites for hydroxylation is 1. The fraction of sp³-hybridized carbons (Fsp3) is 0.154. The third kappa shape index (κ3) is 1.82. The average molecular weight is 280 g/mol. The Morgan fingerprint density at radius 2 is 2.00 bits per heavy atom. The predicted molar refractivity (Wildman–Crippen MR) is 69.9 cm³/mol. The van der Waals surface area contributed by atoms with Gasteiger partial charge in [-0.2, -0.15) is 18.3 Å². The molecule has 0 aliphatic rings. The molecular weight excluding hydrogens is 269 g/mol. The zero-order valence-corrected chi connectivity index (χ0v) is 10.5. The molecule has 4 nitrogen and oxygen atoms in total. The number of aromatic amines is 1. The van der Waals surface area contributed by atoms with Gasteiger partial charge in [0.05, 0.1) is 6.20 Å². The molecule has 0 radical (unpaired) electrons. The molecule has 20 heavy (non-hydrogen) atoms. The molecule has 7 heteroatoms. The maximum absolute atomic E-state index is 12.8. The zero-order valence-electron chi connectivity index (χ0n) is 10.5. The van der Waals surface area contributed by atoms with Crippen LogP contribution in [0.15, 0.2) is 30.5 Å². The van der Waals surface area contributed by atoms with Crippen LogP contribution in [0.25, 0.3) is 22.0 Å². The number of H-pyrrole nitrogens is 1. The van der Waals surface area contributed by atoms with Gasteiger partial charge in [-0.3, -0.25) is 4.68 Å². The van der Waals surface area contributed by atoms with Gasteiger partial charge in [-0.25, -0.2) is 0 Å². The van der Waals surface area contributed by atoms with Crippen molar-refractivity contribution in [3.05, 3.63) is 36.2 Å². The summed E-state index contributed by atoms with van der Waals surface area (Å²) in [6.07, 6.45) is -2.86. The van der Waals surface area contributed by atoms with Gasteiger partial charge in [0, 0.05) is 23.5 Å². The van der Waals surface area contributed by atoms with E-state index in [0.29, 0.717) is 27.8 Å². The summed E-state index contributed by atoms with van der Waals surface area (Å²) in [7, 11) is 1.68. The third-order valence-electron chi connectivity index (χ3n) is 3.24.